The standard InChI is InChI=1S/C15H22O4PS/c1-5-19-20(16)10-15(21)13-7-6-12(8-14(13)17-4)18-9-11(2)3/h6-8,11H,5,9-10H2,1-4H3/q+1. The first kappa shape index (κ1) is 18.0. The fourth-order valence-corrected chi connectivity index (χ4v) is 2.92. The van der Waals surface area contributed by atoms with Gasteiger partial charge in [0.1, 0.15) is 11.5 Å². The van der Waals surface area contributed by atoms with Crippen molar-refractivity contribution in [3.63, 3.8) is 0 Å². The molecule has 0 bridgehead atoms. The fourth-order valence-electron chi connectivity index (χ4n) is 1.65. The molecule has 6 heteroatoms. The SMILES string of the molecule is CCO[P+](=O)CC(=S)c1ccc(OCC(C)C)cc1OC. The first-order valence-electron chi connectivity index (χ1n) is 6.89. The summed E-state index contributed by atoms with van der Waals surface area (Å²) in [6.07, 6.45) is 0.223. The van der Waals surface area contributed by atoms with Gasteiger partial charge in [-0.15, -0.1) is 4.52 Å². The largest absolute Gasteiger partial charge is 0.513 e. The van der Waals surface area contributed by atoms with Crippen molar-refractivity contribution in [3.8, 4) is 11.5 Å². The predicted molar refractivity (Wildman–Crippen MR) is 89.1 cm³/mol. The average molecular weight is 329 g/mol. The third kappa shape index (κ3) is 6.08. The van der Waals surface area contributed by atoms with E-state index < -0.39 is 8.03 Å². The lowest BCUT2D eigenvalue weighted by molar-refractivity contribution is 0.269. The molecule has 1 atom stereocenters. The number of hydrogen-bond donors (Lipinski definition) is 0. The molecule has 116 valence electrons. The smallest absolute Gasteiger partial charge is 0.496 e. The molecule has 0 saturated carbocycles. The maximum absolute atomic E-state index is 11.6. The van der Waals surface area contributed by atoms with E-state index in [-0.39, 0.29) is 6.16 Å². The van der Waals surface area contributed by atoms with Gasteiger partial charge >= 0.3 is 8.03 Å². The van der Waals surface area contributed by atoms with Gasteiger partial charge in [-0.2, -0.15) is 0 Å². The van der Waals surface area contributed by atoms with Gasteiger partial charge in [0, 0.05) is 11.6 Å². The lowest BCUT2D eigenvalue weighted by Crippen LogP contribution is -2.07. The summed E-state index contributed by atoms with van der Waals surface area (Å²) in [7, 11) is -0.183. The van der Waals surface area contributed by atoms with Gasteiger partial charge in [-0.3, -0.25) is 0 Å². The zero-order valence-corrected chi connectivity index (χ0v) is 14.6. The van der Waals surface area contributed by atoms with E-state index in [1.54, 1.807) is 20.1 Å². The van der Waals surface area contributed by atoms with Crippen molar-refractivity contribution in [2.24, 2.45) is 5.92 Å². The summed E-state index contributed by atoms with van der Waals surface area (Å²) in [6.45, 7) is 7.04. The van der Waals surface area contributed by atoms with Crippen LogP contribution in [0.5, 0.6) is 11.5 Å². The highest BCUT2D eigenvalue weighted by Gasteiger charge is 2.22. The van der Waals surface area contributed by atoms with E-state index in [0.29, 0.717) is 29.7 Å². The second kappa shape index (κ2) is 9.08. The third-order valence-corrected chi connectivity index (χ3v) is 4.30. The molecule has 0 saturated heterocycles. The molecule has 1 unspecified atom stereocenters. The Balaban J connectivity index is 2.82. The van der Waals surface area contributed by atoms with Crippen molar-refractivity contribution in [2.45, 2.75) is 20.8 Å². The van der Waals surface area contributed by atoms with E-state index in [1.165, 1.54) is 0 Å². The second-order valence-electron chi connectivity index (χ2n) is 4.90. The van der Waals surface area contributed by atoms with E-state index in [9.17, 15) is 4.57 Å². The number of ether oxygens (including phenoxy) is 2. The van der Waals surface area contributed by atoms with Crippen molar-refractivity contribution in [3.05, 3.63) is 23.8 Å². The monoisotopic (exact) mass is 329 g/mol. The first-order valence-corrected chi connectivity index (χ1v) is 8.66. The molecule has 0 N–H and O–H groups in total. The summed E-state index contributed by atoms with van der Waals surface area (Å²) in [6, 6.07) is 5.49. The zero-order valence-electron chi connectivity index (χ0n) is 12.9. The van der Waals surface area contributed by atoms with Gasteiger partial charge in [0.25, 0.3) is 0 Å². The van der Waals surface area contributed by atoms with Crippen LogP contribution < -0.4 is 9.47 Å². The molecule has 0 amide bonds. The van der Waals surface area contributed by atoms with E-state index in [1.807, 2.05) is 12.1 Å². The maximum atomic E-state index is 11.6. The summed E-state index contributed by atoms with van der Waals surface area (Å²) >= 11 is 5.33. The number of methoxy groups -OCH3 is 1. The van der Waals surface area contributed by atoms with E-state index in [2.05, 4.69) is 13.8 Å². The van der Waals surface area contributed by atoms with Crippen LogP contribution in [0.2, 0.25) is 0 Å². The molecule has 21 heavy (non-hydrogen) atoms. The lowest BCUT2D eigenvalue weighted by Gasteiger charge is -2.12. The zero-order chi connectivity index (χ0) is 15.8. The van der Waals surface area contributed by atoms with Crippen molar-refractivity contribution >= 4 is 25.1 Å². The van der Waals surface area contributed by atoms with E-state index in [0.717, 1.165) is 11.3 Å². The normalized spacial score (nSPS) is 11.4. The summed E-state index contributed by atoms with van der Waals surface area (Å²) in [4.78, 5) is 0.567. The van der Waals surface area contributed by atoms with Gasteiger partial charge in [-0.1, -0.05) is 26.1 Å². The molecule has 0 heterocycles. The van der Waals surface area contributed by atoms with Crippen LogP contribution in [0.25, 0.3) is 0 Å². The second-order valence-corrected chi connectivity index (χ2v) is 6.63. The summed E-state index contributed by atoms with van der Waals surface area (Å²) in [5.74, 6) is 1.81. The highest BCUT2D eigenvalue weighted by molar-refractivity contribution is 7.81. The molecule has 0 aliphatic heterocycles. The molecule has 1 aromatic carbocycles. The Morgan fingerprint density at radius 2 is 2.10 bits per heavy atom. The van der Waals surface area contributed by atoms with E-state index >= 15 is 0 Å². The molecule has 0 fully saturated rings. The number of benzene rings is 1. The Kier molecular flexibility index (Phi) is 7.79. The minimum Gasteiger partial charge on any atom is -0.496 e. The number of rotatable bonds is 9. The van der Waals surface area contributed by atoms with Gasteiger partial charge < -0.3 is 9.47 Å². The van der Waals surface area contributed by atoms with Gasteiger partial charge in [-0.25, -0.2) is 0 Å². The minimum atomic E-state index is -1.76. The van der Waals surface area contributed by atoms with Gasteiger partial charge in [0.2, 0.25) is 6.16 Å². The van der Waals surface area contributed by atoms with Crippen molar-refractivity contribution in [1.29, 1.82) is 0 Å². The molecule has 0 aliphatic rings. The molecule has 4 nitrogen and oxygen atoms in total. The Bertz CT molecular complexity index is 502. The van der Waals surface area contributed by atoms with Gasteiger partial charge in [-0.05, 0) is 29.5 Å². The molecule has 0 spiro atoms. The summed E-state index contributed by atoms with van der Waals surface area (Å²) in [5.41, 5.74) is 0.757. The van der Waals surface area contributed by atoms with Crippen LogP contribution in [0, 0.1) is 5.92 Å². The van der Waals surface area contributed by atoms with Crippen LogP contribution in [0.4, 0.5) is 0 Å². The highest BCUT2D eigenvalue weighted by atomic mass is 32.1. The number of hydrogen-bond acceptors (Lipinski definition) is 5. The molecular weight excluding hydrogens is 307 g/mol. The van der Waals surface area contributed by atoms with Crippen LogP contribution in [0.15, 0.2) is 18.2 Å². The highest BCUT2D eigenvalue weighted by Crippen LogP contribution is 2.30. The molecule has 0 aromatic heterocycles. The Labute approximate surface area is 132 Å². The summed E-state index contributed by atoms with van der Waals surface area (Å²) in [5, 5.41) is 0. The first-order chi connectivity index (χ1) is 9.97. The average Bonchev–Trinajstić information content (AvgIpc) is 2.44. The van der Waals surface area contributed by atoms with Gasteiger partial charge in [0.15, 0.2) is 0 Å². The lowest BCUT2D eigenvalue weighted by atomic mass is 10.1. The van der Waals surface area contributed by atoms with E-state index in [4.69, 9.17) is 26.2 Å². The summed E-state index contributed by atoms with van der Waals surface area (Å²) < 4.78 is 27.7. The fraction of sp³-hybridized carbons (Fsp3) is 0.533. The quantitative estimate of drug-likeness (QED) is 0.385. The van der Waals surface area contributed by atoms with Crippen LogP contribution in [0.1, 0.15) is 26.3 Å². The Hall–Kier alpha value is -1.03. The minimum absolute atomic E-state index is 0.223. The molecular formula is C15H22O4PS+. The van der Waals surface area contributed by atoms with Crippen molar-refractivity contribution < 1.29 is 18.6 Å². The molecule has 0 aliphatic carbocycles. The van der Waals surface area contributed by atoms with Crippen LogP contribution in [0.3, 0.4) is 0 Å². The van der Waals surface area contributed by atoms with Crippen LogP contribution >= 0.6 is 20.2 Å². The molecule has 0 radical (unpaired) electrons. The Morgan fingerprint density at radius 3 is 2.67 bits per heavy atom. The predicted octanol–water partition coefficient (Wildman–Crippen LogP) is 4.23. The van der Waals surface area contributed by atoms with Crippen molar-refractivity contribution in [2.75, 3.05) is 26.5 Å². The van der Waals surface area contributed by atoms with Crippen molar-refractivity contribution in [1.82, 2.24) is 0 Å². The Morgan fingerprint density at radius 1 is 1.38 bits per heavy atom. The van der Waals surface area contributed by atoms with Crippen LogP contribution in [-0.2, 0) is 9.09 Å². The van der Waals surface area contributed by atoms with Gasteiger partial charge in [0.05, 0.1) is 25.2 Å². The topological polar surface area (TPSA) is 44.8 Å². The number of thiocarbonyl (C=S) groups is 1. The molecule has 1 rings (SSSR count). The van der Waals surface area contributed by atoms with Crippen LogP contribution in [-0.4, -0.2) is 31.4 Å². The third-order valence-electron chi connectivity index (χ3n) is 2.60. The molecule has 1 aromatic rings. The maximum Gasteiger partial charge on any atom is 0.513 e.